The van der Waals surface area contributed by atoms with Gasteiger partial charge in [0.15, 0.2) is 0 Å². The molecule has 15 heavy (non-hydrogen) atoms. The van der Waals surface area contributed by atoms with Crippen molar-refractivity contribution < 1.29 is 9.90 Å². The average molecular weight is 201 g/mol. The molecular weight excluding hydrogens is 190 g/mol. The van der Waals surface area contributed by atoms with Crippen molar-refractivity contribution in [3.63, 3.8) is 0 Å². The van der Waals surface area contributed by atoms with Gasteiger partial charge in [0.2, 0.25) is 0 Å². The van der Waals surface area contributed by atoms with Crippen LogP contribution in [-0.4, -0.2) is 17.6 Å². The number of hydrogen-bond acceptors (Lipinski definition) is 2. The molecule has 0 saturated carbocycles. The molecule has 1 aliphatic rings. The maximum absolute atomic E-state index is 10.6. The van der Waals surface area contributed by atoms with Crippen LogP contribution in [0.5, 0.6) is 0 Å². The van der Waals surface area contributed by atoms with Crippen molar-refractivity contribution in [2.45, 2.75) is 0 Å². The lowest BCUT2D eigenvalue weighted by atomic mass is 10.2. The first-order valence-electron chi connectivity index (χ1n) is 4.71. The van der Waals surface area contributed by atoms with Gasteiger partial charge < -0.3 is 10.0 Å². The fraction of sp³-hybridized carbons (Fsp3) is 0.0833. The number of benzene rings is 1. The number of carbonyl (C=O) groups is 1. The van der Waals surface area contributed by atoms with E-state index in [-0.39, 0.29) is 0 Å². The van der Waals surface area contributed by atoms with Gasteiger partial charge in [-0.1, -0.05) is 12.2 Å². The van der Waals surface area contributed by atoms with Crippen LogP contribution in [0, 0.1) is 0 Å². The standard InChI is InChI=1S/C12H11NO2/c14-12(15)10-4-6-11(7-5-10)13-8-2-1-3-9-13/h1-8H,9H2,(H,14,15). The molecule has 1 heterocycles. The number of nitrogens with zero attached hydrogens (tertiary/aromatic N) is 1. The maximum Gasteiger partial charge on any atom is 0.335 e. The number of anilines is 1. The highest BCUT2D eigenvalue weighted by Crippen LogP contribution is 2.17. The highest BCUT2D eigenvalue weighted by atomic mass is 16.4. The molecule has 0 aliphatic carbocycles. The second kappa shape index (κ2) is 4.00. The quantitative estimate of drug-likeness (QED) is 0.798. The molecule has 0 aromatic heterocycles. The minimum atomic E-state index is -0.893. The molecule has 1 aromatic carbocycles. The summed E-state index contributed by atoms with van der Waals surface area (Å²) in [5, 5.41) is 8.75. The van der Waals surface area contributed by atoms with Crippen molar-refractivity contribution in [2.24, 2.45) is 0 Å². The van der Waals surface area contributed by atoms with Gasteiger partial charge in [-0.2, -0.15) is 0 Å². The smallest absolute Gasteiger partial charge is 0.335 e. The first kappa shape index (κ1) is 9.52. The molecule has 0 amide bonds. The van der Waals surface area contributed by atoms with Crippen LogP contribution < -0.4 is 4.90 Å². The number of aromatic carboxylic acids is 1. The van der Waals surface area contributed by atoms with Gasteiger partial charge in [-0.15, -0.1) is 0 Å². The van der Waals surface area contributed by atoms with Gasteiger partial charge in [0, 0.05) is 18.4 Å². The Morgan fingerprint density at radius 3 is 2.47 bits per heavy atom. The van der Waals surface area contributed by atoms with Crippen molar-refractivity contribution >= 4 is 11.7 Å². The zero-order valence-corrected chi connectivity index (χ0v) is 8.13. The monoisotopic (exact) mass is 201 g/mol. The molecule has 3 heteroatoms. The second-order valence-electron chi connectivity index (χ2n) is 3.27. The average Bonchev–Trinajstić information content (AvgIpc) is 2.30. The summed E-state index contributed by atoms with van der Waals surface area (Å²) >= 11 is 0. The molecule has 1 aliphatic heterocycles. The van der Waals surface area contributed by atoms with Gasteiger partial charge in [-0.25, -0.2) is 4.79 Å². The van der Waals surface area contributed by atoms with E-state index in [0.29, 0.717) is 5.56 Å². The van der Waals surface area contributed by atoms with Crippen molar-refractivity contribution in [1.82, 2.24) is 0 Å². The van der Waals surface area contributed by atoms with E-state index < -0.39 is 5.97 Å². The second-order valence-corrected chi connectivity index (χ2v) is 3.27. The molecule has 76 valence electrons. The summed E-state index contributed by atoms with van der Waals surface area (Å²) in [6.07, 6.45) is 7.96. The third-order valence-electron chi connectivity index (χ3n) is 2.26. The largest absolute Gasteiger partial charge is 0.478 e. The number of hydrogen-bond donors (Lipinski definition) is 1. The van der Waals surface area contributed by atoms with E-state index in [9.17, 15) is 4.79 Å². The van der Waals surface area contributed by atoms with Crippen LogP contribution in [0.1, 0.15) is 10.4 Å². The van der Waals surface area contributed by atoms with Crippen LogP contribution in [0.15, 0.2) is 48.7 Å². The first-order valence-corrected chi connectivity index (χ1v) is 4.71. The Morgan fingerprint density at radius 1 is 1.20 bits per heavy atom. The zero-order chi connectivity index (χ0) is 10.7. The van der Waals surface area contributed by atoms with Crippen LogP contribution >= 0.6 is 0 Å². The lowest BCUT2D eigenvalue weighted by Crippen LogP contribution is -2.17. The molecular formula is C12H11NO2. The number of rotatable bonds is 2. The number of carboxylic acids is 1. The molecule has 0 bridgehead atoms. The summed E-state index contributed by atoms with van der Waals surface area (Å²) in [6.45, 7) is 0.822. The summed E-state index contributed by atoms with van der Waals surface area (Å²) in [4.78, 5) is 12.7. The van der Waals surface area contributed by atoms with Crippen molar-refractivity contribution in [3.05, 3.63) is 54.3 Å². The Hall–Kier alpha value is -2.03. The van der Waals surface area contributed by atoms with E-state index in [0.717, 1.165) is 12.2 Å². The SMILES string of the molecule is O=C(O)c1ccc(N2C=CC=CC2)cc1. The van der Waals surface area contributed by atoms with Crippen molar-refractivity contribution in [1.29, 1.82) is 0 Å². The summed E-state index contributed by atoms with van der Waals surface area (Å²) < 4.78 is 0. The normalized spacial score (nSPS) is 14.3. The predicted octanol–water partition coefficient (Wildman–Crippen LogP) is 2.27. The summed E-state index contributed by atoms with van der Waals surface area (Å²) in [5.74, 6) is -0.893. The van der Waals surface area contributed by atoms with Crippen LogP contribution in [0.2, 0.25) is 0 Å². The number of allylic oxidation sites excluding steroid dienone is 2. The van der Waals surface area contributed by atoms with E-state index in [1.165, 1.54) is 0 Å². The highest BCUT2D eigenvalue weighted by molar-refractivity contribution is 5.88. The maximum atomic E-state index is 10.6. The Morgan fingerprint density at radius 2 is 1.93 bits per heavy atom. The first-order chi connectivity index (χ1) is 7.27. The van der Waals surface area contributed by atoms with E-state index in [1.807, 2.05) is 41.5 Å². The van der Waals surface area contributed by atoms with Crippen LogP contribution in [0.4, 0.5) is 5.69 Å². The van der Waals surface area contributed by atoms with Crippen molar-refractivity contribution in [2.75, 3.05) is 11.4 Å². The Kier molecular flexibility index (Phi) is 2.54. The van der Waals surface area contributed by atoms with Crippen molar-refractivity contribution in [3.8, 4) is 0 Å². The van der Waals surface area contributed by atoms with Crippen LogP contribution in [0.25, 0.3) is 0 Å². The van der Waals surface area contributed by atoms with Gasteiger partial charge >= 0.3 is 5.97 Å². The van der Waals surface area contributed by atoms with Gasteiger partial charge in [0.25, 0.3) is 0 Å². The molecule has 3 nitrogen and oxygen atoms in total. The van der Waals surface area contributed by atoms with Gasteiger partial charge in [-0.05, 0) is 30.3 Å². The molecule has 0 atom stereocenters. The summed E-state index contributed by atoms with van der Waals surface area (Å²) in [5.41, 5.74) is 1.32. The Labute approximate surface area is 88.0 Å². The molecule has 0 spiro atoms. The third kappa shape index (κ3) is 2.07. The zero-order valence-electron chi connectivity index (χ0n) is 8.13. The summed E-state index contributed by atoms with van der Waals surface area (Å²) in [7, 11) is 0. The highest BCUT2D eigenvalue weighted by Gasteiger charge is 2.05. The third-order valence-corrected chi connectivity index (χ3v) is 2.26. The van der Waals surface area contributed by atoms with E-state index in [2.05, 4.69) is 0 Å². The molecule has 0 radical (unpaired) electrons. The Bertz CT molecular complexity index is 418. The minimum absolute atomic E-state index is 0.315. The molecule has 1 aromatic rings. The molecule has 0 unspecified atom stereocenters. The van der Waals surface area contributed by atoms with E-state index >= 15 is 0 Å². The van der Waals surface area contributed by atoms with E-state index in [4.69, 9.17) is 5.11 Å². The molecule has 1 N–H and O–H groups in total. The predicted molar refractivity (Wildman–Crippen MR) is 59.0 cm³/mol. The topological polar surface area (TPSA) is 40.5 Å². The number of carboxylic acid groups (broad SMARTS) is 1. The fourth-order valence-electron chi connectivity index (χ4n) is 1.45. The van der Waals surface area contributed by atoms with Crippen LogP contribution in [-0.2, 0) is 0 Å². The molecule has 0 saturated heterocycles. The summed E-state index contributed by atoms with van der Waals surface area (Å²) in [6, 6.07) is 6.85. The fourth-order valence-corrected chi connectivity index (χ4v) is 1.45. The molecule has 0 fully saturated rings. The minimum Gasteiger partial charge on any atom is -0.478 e. The van der Waals surface area contributed by atoms with Gasteiger partial charge in [0.05, 0.1) is 5.56 Å². The van der Waals surface area contributed by atoms with E-state index in [1.54, 1.807) is 12.1 Å². The lowest BCUT2D eigenvalue weighted by Gasteiger charge is -2.20. The van der Waals surface area contributed by atoms with Gasteiger partial charge in [-0.3, -0.25) is 0 Å². The Balaban J connectivity index is 2.20. The lowest BCUT2D eigenvalue weighted by molar-refractivity contribution is 0.0697. The van der Waals surface area contributed by atoms with Crippen LogP contribution in [0.3, 0.4) is 0 Å². The molecule has 2 rings (SSSR count). The van der Waals surface area contributed by atoms with Gasteiger partial charge in [0.1, 0.15) is 0 Å².